The summed E-state index contributed by atoms with van der Waals surface area (Å²) in [6, 6.07) is 16.8. The average molecular weight is 369 g/mol. The summed E-state index contributed by atoms with van der Waals surface area (Å²) >= 11 is 0. The lowest BCUT2D eigenvalue weighted by atomic mass is 10.2. The number of aryl methyl sites for hydroxylation is 1. The third-order valence-corrected chi connectivity index (χ3v) is 5.49. The third kappa shape index (κ3) is 4.31. The molecular weight excluding hydrogens is 350 g/mol. The van der Waals surface area contributed by atoms with E-state index in [1.165, 1.54) is 0 Å². The van der Waals surface area contributed by atoms with E-state index in [9.17, 15) is 13.5 Å². The number of phenols is 1. The molecule has 0 atom stereocenters. The van der Waals surface area contributed by atoms with Crippen LogP contribution in [0.3, 0.4) is 0 Å². The zero-order chi connectivity index (χ0) is 18.6. The van der Waals surface area contributed by atoms with Crippen LogP contribution in [0.1, 0.15) is 11.3 Å². The van der Waals surface area contributed by atoms with E-state index in [4.69, 9.17) is 0 Å². The van der Waals surface area contributed by atoms with Crippen LogP contribution in [0.2, 0.25) is 0 Å². The number of rotatable bonds is 6. The topological polar surface area (TPSA) is 91.3 Å². The van der Waals surface area contributed by atoms with E-state index < -0.39 is 9.84 Å². The zero-order valence-corrected chi connectivity index (χ0v) is 15.0. The van der Waals surface area contributed by atoms with Gasteiger partial charge in [0.15, 0.2) is 9.84 Å². The Kier molecular flexibility index (Phi) is 5.09. The van der Waals surface area contributed by atoms with Crippen molar-refractivity contribution in [2.45, 2.75) is 17.6 Å². The van der Waals surface area contributed by atoms with Crippen molar-refractivity contribution in [2.24, 2.45) is 0 Å². The number of anilines is 2. The molecule has 1 heterocycles. The molecule has 0 aliphatic rings. The maximum Gasteiger partial charge on any atom is 0.184 e. The van der Waals surface area contributed by atoms with Crippen molar-refractivity contribution in [1.29, 1.82) is 0 Å². The van der Waals surface area contributed by atoms with Crippen molar-refractivity contribution in [3.05, 3.63) is 78.1 Å². The van der Waals surface area contributed by atoms with Crippen molar-refractivity contribution in [2.75, 3.05) is 10.9 Å². The quantitative estimate of drug-likeness (QED) is 0.455. The minimum Gasteiger partial charge on any atom is -0.508 e. The first-order chi connectivity index (χ1) is 12.4. The minimum absolute atomic E-state index is 0.133. The Morgan fingerprint density at radius 3 is 2.31 bits per heavy atom. The van der Waals surface area contributed by atoms with Gasteiger partial charge in [-0.3, -0.25) is 4.98 Å². The third-order valence-electron chi connectivity index (χ3n) is 3.83. The largest absolute Gasteiger partial charge is 0.508 e. The SMILES string of the molecule is Cc1cc(NNc2ccc(S(=O)(=O)Cc3ccccn3)cc2)ccc1O. The molecule has 0 saturated heterocycles. The predicted octanol–water partition coefficient (Wildman–Crippen LogP) is 3.51. The molecule has 26 heavy (non-hydrogen) atoms. The Balaban J connectivity index is 1.67. The van der Waals surface area contributed by atoms with Crippen molar-refractivity contribution < 1.29 is 13.5 Å². The normalized spacial score (nSPS) is 11.1. The van der Waals surface area contributed by atoms with Gasteiger partial charge in [0.2, 0.25) is 0 Å². The monoisotopic (exact) mass is 369 g/mol. The first-order valence-corrected chi connectivity index (χ1v) is 9.64. The first-order valence-electron chi connectivity index (χ1n) is 7.98. The zero-order valence-electron chi connectivity index (χ0n) is 14.2. The molecule has 7 heteroatoms. The lowest BCUT2D eigenvalue weighted by Gasteiger charge is -2.11. The molecule has 0 aliphatic carbocycles. The lowest BCUT2D eigenvalue weighted by Crippen LogP contribution is -2.09. The van der Waals surface area contributed by atoms with Gasteiger partial charge in [-0.25, -0.2) is 8.42 Å². The van der Waals surface area contributed by atoms with E-state index in [2.05, 4.69) is 15.8 Å². The van der Waals surface area contributed by atoms with Crippen LogP contribution in [0.15, 0.2) is 71.8 Å². The van der Waals surface area contributed by atoms with Crippen LogP contribution in [0.5, 0.6) is 5.75 Å². The molecule has 0 spiro atoms. The van der Waals surface area contributed by atoms with Gasteiger partial charge >= 0.3 is 0 Å². The number of aromatic nitrogens is 1. The lowest BCUT2D eigenvalue weighted by molar-refractivity contribution is 0.471. The highest BCUT2D eigenvalue weighted by Crippen LogP contribution is 2.21. The van der Waals surface area contributed by atoms with E-state index >= 15 is 0 Å². The second-order valence-electron chi connectivity index (χ2n) is 5.86. The predicted molar refractivity (Wildman–Crippen MR) is 102 cm³/mol. The second kappa shape index (κ2) is 7.45. The molecule has 0 unspecified atom stereocenters. The minimum atomic E-state index is -3.45. The van der Waals surface area contributed by atoms with Gasteiger partial charge < -0.3 is 16.0 Å². The Bertz CT molecular complexity index is 988. The molecular formula is C19H19N3O3S. The van der Waals surface area contributed by atoms with Crippen LogP contribution in [0.25, 0.3) is 0 Å². The maximum absolute atomic E-state index is 12.5. The number of hydrazine groups is 1. The van der Waals surface area contributed by atoms with Gasteiger partial charge in [-0.2, -0.15) is 0 Å². The molecule has 0 radical (unpaired) electrons. The van der Waals surface area contributed by atoms with Crippen LogP contribution < -0.4 is 10.9 Å². The number of phenolic OH excluding ortho intramolecular Hbond substituents is 1. The second-order valence-corrected chi connectivity index (χ2v) is 7.85. The standard InChI is InChI=1S/C19H19N3O3S/c1-14-12-16(7-10-19(14)23)22-21-15-5-8-18(9-6-15)26(24,25)13-17-4-2-3-11-20-17/h2-12,21-23H,13H2,1H3. The summed E-state index contributed by atoms with van der Waals surface area (Å²) in [5, 5.41) is 9.53. The van der Waals surface area contributed by atoms with Crippen LogP contribution >= 0.6 is 0 Å². The average Bonchev–Trinajstić information content (AvgIpc) is 2.63. The summed E-state index contributed by atoms with van der Waals surface area (Å²) < 4.78 is 24.9. The molecule has 134 valence electrons. The number of sulfone groups is 1. The number of hydrogen-bond acceptors (Lipinski definition) is 6. The van der Waals surface area contributed by atoms with Crippen LogP contribution in [-0.2, 0) is 15.6 Å². The van der Waals surface area contributed by atoms with Gasteiger partial charge in [0.05, 0.1) is 27.7 Å². The molecule has 6 nitrogen and oxygen atoms in total. The first kappa shape index (κ1) is 17.8. The smallest absolute Gasteiger partial charge is 0.184 e. The summed E-state index contributed by atoms with van der Waals surface area (Å²) in [5.74, 6) is 0.101. The maximum atomic E-state index is 12.5. The van der Waals surface area contributed by atoms with Gasteiger partial charge in [0.1, 0.15) is 5.75 Å². The van der Waals surface area contributed by atoms with Gasteiger partial charge in [-0.15, -0.1) is 0 Å². The number of nitrogens with one attached hydrogen (secondary N) is 2. The van der Waals surface area contributed by atoms with Crippen molar-refractivity contribution in [3.63, 3.8) is 0 Å². The molecule has 0 aliphatic heterocycles. The van der Waals surface area contributed by atoms with E-state index in [1.807, 2.05) is 6.92 Å². The number of benzene rings is 2. The fourth-order valence-corrected chi connectivity index (χ4v) is 3.66. The molecule has 0 amide bonds. The highest BCUT2D eigenvalue weighted by Gasteiger charge is 2.15. The summed E-state index contributed by atoms with van der Waals surface area (Å²) in [6.45, 7) is 1.81. The molecule has 0 fully saturated rings. The number of aromatic hydroxyl groups is 1. The van der Waals surface area contributed by atoms with Crippen molar-refractivity contribution in [1.82, 2.24) is 4.98 Å². The number of pyridine rings is 1. The van der Waals surface area contributed by atoms with Crippen molar-refractivity contribution in [3.8, 4) is 5.75 Å². The van der Waals surface area contributed by atoms with Gasteiger partial charge in [-0.05, 0) is 67.1 Å². The van der Waals surface area contributed by atoms with Gasteiger partial charge in [-0.1, -0.05) is 6.07 Å². The van der Waals surface area contributed by atoms with Gasteiger partial charge in [0.25, 0.3) is 0 Å². The van der Waals surface area contributed by atoms with E-state index in [0.717, 1.165) is 11.3 Å². The highest BCUT2D eigenvalue weighted by molar-refractivity contribution is 7.90. The molecule has 3 N–H and O–H groups in total. The molecule has 0 saturated carbocycles. The molecule has 3 rings (SSSR count). The number of nitrogens with zero attached hydrogens (tertiary/aromatic N) is 1. The molecule has 1 aromatic heterocycles. The van der Waals surface area contributed by atoms with E-state index in [1.54, 1.807) is 66.9 Å². The Labute approximate surface area is 152 Å². The van der Waals surface area contributed by atoms with Crippen LogP contribution in [-0.4, -0.2) is 18.5 Å². The molecule has 3 aromatic rings. The number of hydrogen-bond donors (Lipinski definition) is 3. The Hall–Kier alpha value is -3.06. The fourth-order valence-electron chi connectivity index (χ4n) is 2.38. The Morgan fingerprint density at radius 1 is 0.962 bits per heavy atom. The molecule has 0 bridgehead atoms. The van der Waals surface area contributed by atoms with Crippen LogP contribution in [0.4, 0.5) is 11.4 Å². The fraction of sp³-hybridized carbons (Fsp3) is 0.105. The summed E-state index contributed by atoms with van der Waals surface area (Å²) in [5.41, 5.74) is 8.77. The van der Waals surface area contributed by atoms with Crippen molar-refractivity contribution >= 4 is 21.2 Å². The summed E-state index contributed by atoms with van der Waals surface area (Å²) in [4.78, 5) is 4.31. The summed E-state index contributed by atoms with van der Waals surface area (Å²) in [7, 11) is -3.45. The molecule has 2 aromatic carbocycles. The van der Waals surface area contributed by atoms with Gasteiger partial charge in [0, 0.05) is 6.20 Å². The van der Waals surface area contributed by atoms with E-state index in [-0.39, 0.29) is 16.4 Å². The van der Waals surface area contributed by atoms with E-state index in [0.29, 0.717) is 11.4 Å². The Morgan fingerprint density at radius 2 is 1.65 bits per heavy atom. The van der Waals surface area contributed by atoms with Crippen LogP contribution in [0, 0.1) is 6.92 Å². The highest BCUT2D eigenvalue weighted by atomic mass is 32.2. The summed E-state index contributed by atoms with van der Waals surface area (Å²) in [6.07, 6.45) is 1.58.